The van der Waals surface area contributed by atoms with Crippen LogP contribution in [-0.2, 0) is 0 Å². The number of benzene rings is 1. The summed E-state index contributed by atoms with van der Waals surface area (Å²) >= 11 is 3.22. The van der Waals surface area contributed by atoms with Crippen molar-refractivity contribution >= 4 is 26.9 Å². The molecular weight excluding hydrogens is 210 g/mol. The molecule has 0 aliphatic carbocycles. The number of rotatable bonds is 0. The Bertz CT molecular complexity index is 396. The minimum absolute atomic E-state index is 0.177. The molecule has 0 unspecified atom stereocenters. The van der Waals surface area contributed by atoms with Gasteiger partial charge in [0.25, 0.3) is 0 Å². The normalized spacial score (nSPS) is 10.6. The van der Waals surface area contributed by atoms with Gasteiger partial charge in [-0.05, 0) is 12.1 Å². The van der Waals surface area contributed by atoms with Gasteiger partial charge in [-0.15, -0.1) is 0 Å². The first kappa shape index (κ1) is 6.67. The van der Waals surface area contributed by atoms with Crippen molar-refractivity contribution in [2.45, 2.75) is 0 Å². The minimum Gasteiger partial charge on any atom is -0.507 e. The van der Waals surface area contributed by atoms with Crippen molar-refractivity contribution in [3.8, 4) is 5.75 Å². The summed E-state index contributed by atoms with van der Waals surface area (Å²) in [6.07, 6.45) is 1.48. The summed E-state index contributed by atoms with van der Waals surface area (Å²) in [5, 5.41) is 13.5. The van der Waals surface area contributed by atoms with Crippen LogP contribution in [0.3, 0.4) is 0 Å². The molecule has 0 radical (unpaired) electrons. The van der Waals surface area contributed by atoms with Gasteiger partial charge in [-0.3, -0.25) is 0 Å². The third-order valence-electron chi connectivity index (χ3n) is 1.42. The van der Waals surface area contributed by atoms with Crippen molar-refractivity contribution in [1.82, 2.24) is 5.16 Å². The number of phenols is 1. The van der Waals surface area contributed by atoms with Crippen LogP contribution in [0.25, 0.3) is 11.0 Å². The molecule has 0 bridgehead atoms. The summed E-state index contributed by atoms with van der Waals surface area (Å²) in [5.41, 5.74) is 0.580. The molecule has 0 spiro atoms. The van der Waals surface area contributed by atoms with E-state index in [4.69, 9.17) is 4.52 Å². The Labute approximate surface area is 70.7 Å². The van der Waals surface area contributed by atoms with Crippen LogP contribution >= 0.6 is 15.9 Å². The maximum atomic E-state index is 9.31. The number of fused-ring (bicyclic) bond motifs is 1. The Morgan fingerprint density at radius 3 is 3.09 bits per heavy atom. The van der Waals surface area contributed by atoms with Gasteiger partial charge in [0.1, 0.15) is 5.75 Å². The zero-order valence-corrected chi connectivity index (χ0v) is 7.00. The van der Waals surface area contributed by atoms with E-state index in [1.807, 2.05) is 0 Å². The molecule has 1 heterocycles. The van der Waals surface area contributed by atoms with Gasteiger partial charge in [-0.25, -0.2) is 0 Å². The third-order valence-corrected chi connectivity index (χ3v) is 1.88. The Morgan fingerprint density at radius 2 is 2.27 bits per heavy atom. The van der Waals surface area contributed by atoms with Gasteiger partial charge < -0.3 is 9.63 Å². The van der Waals surface area contributed by atoms with E-state index in [0.29, 0.717) is 11.0 Å². The van der Waals surface area contributed by atoms with Crippen molar-refractivity contribution < 1.29 is 9.63 Å². The van der Waals surface area contributed by atoms with Crippen molar-refractivity contribution in [1.29, 1.82) is 0 Å². The van der Waals surface area contributed by atoms with Gasteiger partial charge in [0, 0.05) is 4.47 Å². The fourth-order valence-electron chi connectivity index (χ4n) is 0.920. The molecule has 3 nitrogen and oxygen atoms in total. The Balaban J connectivity index is 2.91. The van der Waals surface area contributed by atoms with Crippen LogP contribution in [0.2, 0.25) is 0 Å². The van der Waals surface area contributed by atoms with Gasteiger partial charge in [0.05, 0.1) is 11.6 Å². The predicted octanol–water partition coefficient (Wildman–Crippen LogP) is 2.30. The molecule has 11 heavy (non-hydrogen) atoms. The molecule has 0 atom stereocenters. The molecule has 1 aromatic heterocycles. The first-order valence-corrected chi connectivity index (χ1v) is 3.79. The average Bonchev–Trinajstić information content (AvgIpc) is 2.34. The van der Waals surface area contributed by atoms with E-state index < -0.39 is 0 Å². The number of aromatic hydroxyl groups is 1. The molecule has 0 amide bonds. The molecular formula is C7H4BrNO2. The van der Waals surface area contributed by atoms with Crippen LogP contribution in [-0.4, -0.2) is 10.3 Å². The maximum Gasteiger partial charge on any atom is 0.171 e. The Hall–Kier alpha value is -1.03. The summed E-state index contributed by atoms with van der Waals surface area (Å²) in [6.45, 7) is 0. The molecule has 0 aliphatic rings. The van der Waals surface area contributed by atoms with Crippen LogP contribution in [0.15, 0.2) is 27.3 Å². The number of hydrogen-bond donors (Lipinski definition) is 1. The van der Waals surface area contributed by atoms with Crippen LogP contribution in [0.1, 0.15) is 0 Å². The van der Waals surface area contributed by atoms with Crippen molar-refractivity contribution in [2.75, 3.05) is 0 Å². The smallest absolute Gasteiger partial charge is 0.171 e. The molecule has 56 valence electrons. The number of nitrogens with zero attached hydrogens (tertiary/aromatic N) is 1. The lowest BCUT2D eigenvalue weighted by Gasteiger charge is -1.92. The first-order valence-electron chi connectivity index (χ1n) is 3.00. The Kier molecular flexibility index (Phi) is 1.35. The standard InChI is InChI=1S/C7H4BrNO2/c8-4-1-6(10)5-3-9-11-7(5)2-4/h1-3,10H. The zero-order valence-electron chi connectivity index (χ0n) is 5.41. The highest BCUT2D eigenvalue weighted by atomic mass is 79.9. The summed E-state index contributed by atoms with van der Waals surface area (Å²) < 4.78 is 5.62. The van der Waals surface area contributed by atoms with Crippen molar-refractivity contribution in [2.24, 2.45) is 0 Å². The average molecular weight is 214 g/mol. The molecule has 0 aliphatic heterocycles. The van der Waals surface area contributed by atoms with Gasteiger partial charge in [-0.1, -0.05) is 21.1 Å². The lowest BCUT2D eigenvalue weighted by atomic mass is 10.2. The number of phenolic OH excluding ortho intramolecular Hbond substituents is 1. The summed E-state index contributed by atoms with van der Waals surface area (Å²) in [5.74, 6) is 0.177. The van der Waals surface area contributed by atoms with Gasteiger partial charge >= 0.3 is 0 Å². The highest BCUT2D eigenvalue weighted by Gasteiger charge is 2.04. The van der Waals surface area contributed by atoms with Crippen LogP contribution in [0.5, 0.6) is 5.75 Å². The molecule has 2 rings (SSSR count). The lowest BCUT2D eigenvalue weighted by Crippen LogP contribution is -1.67. The first-order chi connectivity index (χ1) is 5.27. The molecule has 1 N–H and O–H groups in total. The number of hydrogen-bond acceptors (Lipinski definition) is 3. The van der Waals surface area contributed by atoms with E-state index in [1.54, 1.807) is 12.1 Å². The highest BCUT2D eigenvalue weighted by Crippen LogP contribution is 2.28. The Morgan fingerprint density at radius 1 is 1.45 bits per heavy atom. The highest BCUT2D eigenvalue weighted by molar-refractivity contribution is 9.10. The molecule has 1 aromatic carbocycles. The van der Waals surface area contributed by atoms with E-state index in [9.17, 15) is 5.11 Å². The minimum atomic E-state index is 0.177. The van der Waals surface area contributed by atoms with Crippen LogP contribution in [0.4, 0.5) is 0 Å². The molecule has 2 aromatic rings. The lowest BCUT2D eigenvalue weighted by molar-refractivity contribution is 0.455. The van der Waals surface area contributed by atoms with E-state index >= 15 is 0 Å². The van der Waals surface area contributed by atoms with Crippen LogP contribution in [0, 0.1) is 0 Å². The molecule has 0 fully saturated rings. The summed E-state index contributed by atoms with van der Waals surface area (Å²) in [4.78, 5) is 0. The largest absolute Gasteiger partial charge is 0.507 e. The van der Waals surface area contributed by atoms with Crippen molar-refractivity contribution in [3.63, 3.8) is 0 Å². The fourth-order valence-corrected chi connectivity index (χ4v) is 1.35. The predicted molar refractivity (Wildman–Crippen MR) is 43.4 cm³/mol. The number of aromatic nitrogens is 1. The van der Waals surface area contributed by atoms with Crippen LogP contribution < -0.4 is 0 Å². The monoisotopic (exact) mass is 213 g/mol. The summed E-state index contributed by atoms with van der Waals surface area (Å²) in [6, 6.07) is 3.35. The SMILES string of the molecule is Oc1cc(Br)cc2oncc12. The second-order valence-electron chi connectivity index (χ2n) is 2.16. The number of halogens is 1. The molecule has 0 saturated carbocycles. The van der Waals surface area contributed by atoms with E-state index in [1.165, 1.54) is 6.20 Å². The molecule has 4 heteroatoms. The molecule has 0 saturated heterocycles. The van der Waals surface area contributed by atoms with E-state index in [-0.39, 0.29) is 5.75 Å². The second-order valence-corrected chi connectivity index (χ2v) is 3.08. The zero-order chi connectivity index (χ0) is 7.84. The van der Waals surface area contributed by atoms with E-state index in [2.05, 4.69) is 21.1 Å². The summed E-state index contributed by atoms with van der Waals surface area (Å²) in [7, 11) is 0. The fraction of sp³-hybridized carbons (Fsp3) is 0. The van der Waals surface area contributed by atoms with Gasteiger partial charge in [0.15, 0.2) is 5.58 Å². The maximum absolute atomic E-state index is 9.31. The van der Waals surface area contributed by atoms with E-state index in [0.717, 1.165) is 4.47 Å². The van der Waals surface area contributed by atoms with Gasteiger partial charge in [-0.2, -0.15) is 0 Å². The van der Waals surface area contributed by atoms with Gasteiger partial charge in [0.2, 0.25) is 0 Å². The third kappa shape index (κ3) is 0.991. The topological polar surface area (TPSA) is 46.3 Å². The second kappa shape index (κ2) is 2.23. The van der Waals surface area contributed by atoms with Crippen molar-refractivity contribution in [3.05, 3.63) is 22.8 Å². The quantitative estimate of drug-likeness (QED) is 0.731.